The van der Waals surface area contributed by atoms with Crippen molar-refractivity contribution >= 4 is 6.29 Å². The molecule has 50 valence electrons. The summed E-state index contributed by atoms with van der Waals surface area (Å²) in [6.45, 7) is 4.07. The molecule has 0 aromatic heterocycles. The minimum absolute atomic E-state index is 0.791. The van der Waals surface area contributed by atoms with Crippen LogP contribution >= 0.6 is 0 Å². The molecule has 0 amide bonds. The topological polar surface area (TPSA) is 17.1 Å². The molecule has 0 spiro atoms. The van der Waals surface area contributed by atoms with E-state index in [9.17, 15) is 4.79 Å². The summed E-state index contributed by atoms with van der Waals surface area (Å²) >= 11 is 0. The Morgan fingerprint density at radius 1 is 1.44 bits per heavy atom. The summed E-state index contributed by atoms with van der Waals surface area (Å²) in [6.07, 6.45) is 7.07. The van der Waals surface area contributed by atoms with E-state index in [1.165, 1.54) is 11.6 Å². The number of hydrogen-bond acceptors (Lipinski definition) is 1. The van der Waals surface area contributed by atoms with E-state index in [0.29, 0.717) is 0 Å². The van der Waals surface area contributed by atoms with Crippen molar-refractivity contribution in [3.05, 3.63) is 23.8 Å². The summed E-state index contributed by atoms with van der Waals surface area (Å²) in [5.41, 5.74) is 1.28. The molecule has 0 aliphatic rings. The molecule has 0 rings (SSSR count). The first-order valence-corrected chi connectivity index (χ1v) is 3.01. The van der Waals surface area contributed by atoms with Crippen LogP contribution < -0.4 is 0 Å². The summed E-state index contributed by atoms with van der Waals surface area (Å²) in [5.74, 6) is 0. The van der Waals surface area contributed by atoms with Gasteiger partial charge in [-0.05, 0) is 26.3 Å². The highest BCUT2D eigenvalue weighted by molar-refractivity contribution is 5.64. The van der Waals surface area contributed by atoms with Gasteiger partial charge in [-0.1, -0.05) is 17.7 Å². The summed E-state index contributed by atoms with van der Waals surface area (Å²) in [4.78, 5) is 9.74. The fourth-order valence-corrected chi connectivity index (χ4v) is 0.438. The maximum absolute atomic E-state index is 9.74. The largest absolute Gasteiger partial charge is 0.299 e. The molecular formula is C8H12O. The van der Waals surface area contributed by atoms with Crippen molar-refractivity contribution in [3.8, 4) is 0 Å². The Balaban J connectivity index is 3.40. The molecule has 0 aromatic carbocycles. The lowest BCUT2D eigenvalue weighted by atomic mass is 10.2. The van der Waals surface area contributed by atoms with Crippen molar-refractivity contribution in [2.24, 2.45) is 0 Å². The van der Waals surface area contributed by atoms with Crippen LogP contribution in [0.4, 0.5) is 0 Å². The normalized spacial score (nSPS) is 9.56. The van der Waals surface area contributed by atoms with Gasteiger partial charge in [-0.2, -0.15) is 0 Å². The molecule has 0 atom stereocenters. The Morgan fingerprint density at radius 2 is 2.11 bits per heavy atom. The van der Waals surface area contributed by atoms with Crippen LogP contribution in [0.1, 0.15) is 20.3 Å². The number of carbonyl (C=O) groups is 1. The van der Waals surface area contributed by atoms with E-state index in [1.807, 2.05) is 19.9 Å². The van der Waals surface area contributed by atoms with Crippen LogP contribution in [0, 0.1) is 0 Å². The fraction of sp³-hybridized carbons (Fsp3) is 0.375. The zero-order valence-electron chi connectivity index (χ0n) is 5.92. The highest BCUT2D eigenvalue weighted by Gasteiger charge is 1.72. The van der Waals surface area contributed by atoms with E-state index in [1.54, 1.807) is 0 Å². The molecule has 0 bridgehead atoms. The van der Waals surface area contributed by atoms with Gasteiger partial charge in [0.2, 0.25) is 0 Å². The van der Waals surface area contributed by atoms with Gasteiger partial charge in [-0.25, -0.2) is 0 Å². The first-order valence-electron chi connectivity index (χ1n) is 3.01. The van der Waals surface area contributed by atoms with Crippen LogP contribution in [-0.4, -0.2) is 6.29 Å². The molecule has 1 heteroatoms. The summed E-state index contributed by atoms with van der Waals surface area (Å²) in [7, 11) is 0. The van der Waals surface area contributed by atoms with Gasteiger partial charge in [-0.3, -0.25) is 4.79 Å². The summed E-state index contributed by atoms with van der Waals surface area (Å²) < 4.78 is 0. The minimum atomic E-state index is 0.791. The van der Waals surface area contributed by atoms with Gasteiger partial charge in [-0.15, -0.1) is 0 Å². The number of rotatable bonds is 3. The lowest BCUT2D eigenvalue weighted by molar-refractivity contribution is -0.104. The van der Waals surface area contributed by atoms with E-state index in [0.717, 1.165) is 12.7 Å². The van der Waals surface area contributed by atoms with E-state index in [-0.39, 0.29) is 0 Å². The lowest BCUT2D eigenvalue weighted by Crippen LogP contribution is -1.64. The maximum atomic E-state index is 9.74. The maximum Gasteiger partial charge on any atom is 0.142 e. The molecule has 0 unspecified atom stereocenters. The Hall–Kier alpha value is -0.850. The van der Waals surface area contributed by atoms with E-state index < -0.39 is 0 Å². The molecule has 0 aromatic rings. The van der Waals surface area contributed by atoms with Gasteiger partial charge in [0.1, 0.15) is 6.29 Å². The van der Waals surface area contributed by atoms with Crippen molar-refractivity contribution in [1.82, 2.24) is 0 Å². The van der Waals surface area contributed by atoms with Crippen molar-refractivity contribution in [2.75, 3.05) is 0 Å². The molecule has 0 N–H and O–H groups in total. The average molecular weight is 124 g/mol. The summed E-state index contributed by atoms with van der Waals surface area (Å²) in [6, 6.07) is 0. The molecule has 0 radical (unpaired) electrons. The predicted octanol–water partition coefficient (Wildman–Crippen LogP) is 2.10. The third-order valence-electron chi connectivity index (χ3n) is 0.877. The minimum Gasteiger partial charge on any atom is -0.299 e. The Morgan fingerprint density at radius 3 is 2.56 bits per heavy atom. The van der Waals surface area contributed by atoms with Gasteiger partial charge >= 0.3 is 0 Å². The molecule has 0 aliphatic heterocycles. The van der Waals surface area contributed by atoms with Gasteiger partial charge in [0.25, 0.3) is 0 Å². The third kappa shape index (κ3) is 7.15. The third-order valence-corrected chi connectivity index (χ3v) is 0.877. The quantitative estimate of drug-likeness (QED) is 0.320. The van der Waals surface area contributed by atoms with Crippen LogP contribution in [0.15, 0.2) is 23.8 Å². The average Bonchev–Trinajstić information content (AvgIpc) is 1.80. The molecule has 0 fully saturated rings. The van der Waals surface area contributed by atoms with Crippen molar-refractivity contribution in [1.29, 1.82) is 0 Å². The van der Waals surface area contributed by atoms with Gasteiger partial charge in [0.05, 0.1) is 0 Å². The van der Waals surface area contributed by atoms with Gasteiger partial charge in [0, 0.05) is 0 Å². The Bertz CT molecular complexity index is 128. The number of hydrogen-bond donors (Lipinski definition) is 0. The Kier molecular flexibility index (Phi) is 4.79. The second-order valence-corrected chi connectivity index (χ2v) is 2.08. The molecule has 0 saturated carbocycles. The lowest BCUT2D eigenvalue weighted by Gasteiger charge is -1.83. The molecular weight excluding hydrogens is 112 g/mol. The zero-order chi connectivity index (χ0) is 7.11. The highest BCUT2D eigenvalue weighted by atomic mass is 16.1. The van der Waals surface area contributed by atoms with Crippen molar-refractivity contribution < 1.29 is 4.79 Å². The SMILES string of the molecule is CC(C)=CCC=CC=O. The van der Waals surface area contributed by atoms with E-state index >= 15 is 0 Å². The van der Waals surface area contributed by atoms with Gasteiger partial charge < -0.3 is 0 Å². The Labute approximate surface area is 56.1 Å². The molecule has 0 saturated heterocycles. The standard InChI is InChI=1S/C8H12O/c1-8(2)6-4-3-5-7-9/h3,5-7H,4H2,1-2H3. The zero-order valence-corrected chi connectivity index (χ0v) is 5.92. The van der Waals surface area contributed by atoms with Crippen molar-refractivity contribution in [2.45, 2.75) is 20.3 Å². The van der Waals surface area contributed by atoms with Gasteiger partial charge in [0.15, 0.2) is 0 Å². The van der Waals surface area contributed by atoms with E-state index in [2.05, 4.69) is 6.08 Å². The van der Waals surface area contributed by atoms with Crippen LogP contribution in [0.2, 0.25) is 0 Å². The highest BCUT2D eigenvalue weighted by Crippen LogP contribution is 1.92. The smallest absolute Gasteiger partial charge is 0.142 e. The first kappa shape index (κ1) is 8.15. The number of allylic oxidation sites excluding steroid dienone is 4. The van der Waals surface area contributed by atoms with Crippen LogP contribution in [0.3, 0.4) is 0 Å². The van der Waals surface area contributed by atoms with Crippen LogP contribution in [0.25, 0.3) is 0 Å². The monoisotopic (exact) mass is 124 g/mol. The summed E-state index contributed by atoms with van der Waals surface area (Å²) in [5, 5.41) is 0. The first-order chi connectivity index (χ1) is 4.27. The van der Waals surface area contributed by atoms with Crippen LogP contribution in [0.5, 0.6) is 0 Å². The second-order valence-electron chi connectivity index (χ2n) is 2.08. The van der Waals surface area contributed by atoms with Crippen LogP contribution in [-0.2, 0) is 4.79 Å². The fourth-order valence-electron chi connectivity index (χ4n) is 0.438. The van der Waals surface area contributed by atoms with Crippen molar-refractivity contribution in [3.63, 3.8) is 0 Å². The van der Waals surface area contributed by atoms with E-state index in [4.69, 9.17) is 0 Å². The molecule has 0 heterocycles. The molecule has 9 heavy (non-hydrogen) atoms. The molecule has 1 nitrogen and oxygen atoms in total. The molecule has 0 aliphatic carbocycles. The second kappa shape index (κ2) is 5.29. The predicted molar refractivity (Wildman–Crippen MR) is 39.3 cm³/mol. The number of carbonyl (C=O) groups excluding carboxylic acids is 1. The number of aldehydes is 1.